The van der Waals surface area contributed by atoms with Crippen molar-refractivity contribution in [2.75, 3.05) is 13.6 Å². The minimum absolute atomic E-state index is 0.494. The lowest BCUT2D eigenvalue weighted by Crippen LogP contribution is -2.35. The largest absolute Gasteiger partial charge is 0.303 e. The fraction of sp³-hybridized carbons (Fsp3) is 0.478. The van der Waals surface area contributed by atoms with Crippen molar-refractivity contribution in [3.8, 4) is 0 Å². The lowest BCUT2D eigenvalue weighted by Gasteiger charge is -2.31. The predicted octanol–water partition coefficient (Wildman–Crippen LogP) is 5.68. The zero-order valence-corrected chi connectivity index (χ0v) is 17.9. The van der Waals surface area contributed by atoms with Gasteiger partial charge in [0.2, 0.25) is 0 Å². The molecule has 0 N–H and O–H groups in total. The van der Waals surface area contributed by atoms with Crippen molar-refractivity contribution < 1.29 is 4.79 Å². The van der Waals surface area contributed by atoms with Crippen molar-refractivity contribution in [2.24, 2.45) is 0 Å². The number of carbonyl (C=O) groups excluding carboxylic acids is 1. The molecule has 1 aliphatic rings. The summed E-state index contributed by atoms with van der Waals surface area (Å²) in [6.45, 7) is 7.81. The standard InChI is InChI=1S/C15H15NOS.C8H17N/c1-11-6-7-15(12(2)8-11)18-10-14-5-3-4-13(9-17)16-14;1-3-8-6-4-5-7-9(8)2/h3-9H,10H2,1-2H3;8H,3-7H2,1-2H3. The summed E-state index contributed by atoms with van der Waals surface area (Å²) in [6.07, 6.45) is 6.39. The number of hydrogen-bond donors (Lipinski definition) is 0. The fourth-order valence-electron chi connectivity index (χ4n) is 3.42. The number of carbonyl (C=O) groups is 1. The van der Waals surface area contributed by atoms with E-state index in [2.05, 4.69) is 55.9 Å². The van der Waals surface area contributed by atoms with E-state index in [-0.39, 0.29) is 0 Å². The van der Waals surface area contributed by atoms with Gasteiger partial charge in [0.25, 0.3) is 0 Å². The second-order valence-corrected chi connectivity index (χ2v) is 8.28. The highest BCUT2D eigenvalue weighted by Crippen LogP contribution is 2.26. The minimum Gasteiger partial charge on any atom is -0.303 e. The molecule has 0 amide bonds. The van der Waals surface area contributed by atoms with E-state index in [4.69, 9.17) is 0 Å². The Bertz CT molecular complexity index is 732. The summed E-state index contributed by atoms with van der Waals surface area (Å²) in [5.41, 5.74) is 3.99. The van der Waals surface area contributed by atoms with Crippen molar-refractivity contribution in [1.29, 1.82) is 0 Å². The van der Waals surface area contributed by atoms with Crippen LogP contribution in [0.5, 0.6) is 0 Å². The molecule has 1 aliphatic heterocycles. The molecule has 1 saturated heterocycles. The van der Waals surface area contributed by atoms with Crippen LogP contribution in [0.3, 0.4) is 0 Å². The summed E-state index contributed by atoms with van der Waals surface area (Å²) in [7, 11) is 2.24. The van der Waals surface area contributed by atoms with Gasteiger partial charge in [-0.3, -0.25) is 4.79 Å². The molecule has 1 atom stereocenters. The Kier molecular flexibility index (Phi) is 9.02. The minimum atomic E-state index is 0.494. The van der Waals surface area contributed by atoms with Gasteiger partial charge in [-0.1, -0.05) is 37.1 Å². The normalized spacial score (nSPS) is 17.1. The first kappa shape index (κ1) is 21.6. The van der Waals surface area contributed by atoms with Gasteiger partial charge in [0.05, 0.1) is 5.69 Å². The Labute approximate surface area is 168 Å². The highest BCUT2D eigenvalue weighted by Gasteiger charge is 2.15. The van der Waals surface area contributed by atoms with Crippen LogP contribution in [0.1, 0.15) is 59.9 Å². The molecule has 0 bridgehead atoms. The first-order valence-corrected chi connectivity index (χ1v) is 10.8. The van der Waals surface area contributed by atoms with Crippen LogP contribution in [0.15, 0.2) is 41.3 Å². The summed E-state index contributed by atoms with van der Waals surface area (Å²) in [5, 5.41) is 0. The number of aldehydes is 1. The number of hydrogen-bond acceptors (Lipinski definition) is 4. The lowest BCUT2D eigenvalue weighted by molar-refractivity contribution is 0.111. The number of thioether (sulfide) groups is 1. The van der Waals surface area contributed by atoms with Gasteiger partial charge in [0.15, 0.2) is 6.29 Å². The molecule has 0 aliphatic carbocycles. The van der Waals surface area contributed by atoms with Crippen molar-refractivity contribution in [3.05, 3.63) is 58.9 Å². The number of piperidine rings is 1. The van der Waals surface area contributed by atoms with E-state index in [1.54, 1.807) is 17.8 Å². The molecule has 0 radical (unpaired) electrons. The number of aromatic nitrogens is 1. The maximum Gasteiger partial charge on any atom is 0.168 e. The lowest BCUT2D eigenvalue weighted by atomic mass is 10.0. The Balaban J connectivity index is 0.000000244. The van der Waals surface area contributed by atoms with Gasteiger partial charge >= 0.3 is 0 Å². The molecule has 27 heavy (non-hydrogen) atoms. The van der Waals surface area contributed by atoms with E-state index in [1.807, 2.05) is 12.1 Å². The van der Waals surface area contributed by atoms with Gasteiger partial charge in [-0.2, -0.15) is 0 Å². The van der Waals surface area contributed by atoms with Crippen LogP contribution < -0.4 is 0 Å². The second kappa shape index (κ2) is 11.3. The predicted molar refractivity (Wildman–Crippen MR) is 116 cm³/mol. The molecular formula is C23H32N2OS. The number of likely N-dealkylation sites (tertiary alicyclic amines) is 1. The maximum atomic E-state index is 10.7. The van der Waals surface area contributed by atoms with Gasteiger partial charge in [-0.05, 0) is 70.5 Å². The van der Waals surface area contributed by atoms with Crippen molar-refractivity contribution in [3.63, 3.8) is 0 Å². The summed E-state index contributed by atoms with van der Waals surface area (Å²) < 4.78 is 0. The van der Waals surface area contributed by atoms with Gasteiger partial charge in [0, 0.05) is 16.7 Å². The zero-order valence-electron chi connectivity index (χ0n) is 17.1. The van der Waals surface area contributed by atoms with E-state index in [9.17, 15) is 4.79 Å². The van der Waals surface area contributed by atoms with Crippen LogP contribution in [0.4, 0.5) is 0 Å². The van der Waals surface area contributed by atoms with Crippen LogP contribution in [0.25, 0.3) is 0 Å². The number of aryl methyl sites for hydroxylation is 2. The second-order valence-electron chi connectivity index (χ2n) is 7.27. The molecule has 1 aromatic heterocycles. The molecule has 3 rings (SSSR count). The van der Waals surface area contributed by atoms with Crippen LogP contribution in [0.2, 0.25) is 0 Å². The van der Waals surface area contributed by atoms with Crippen molar-refractivity contribution >= 4 is 18.0 Å². The van der Waals surface area contributed by atoms with Crippen LogP contribution >= 0.6 is 11.8 Å². The van der Waals surface area contributed by atoms with E-state index in [0.717, 1.165) is 23.8 Å². The Morgan fingerprint density at radius 2 is 2.04 bits per heavy atom. The molecule has 1 fully saturated rings. The third-order valence-corrected chi connectivity index (χ3v) is 6.26. The summed E-state index contributed by atoms with van der Waals surface area (Å²) in [5.74, 6) is 0.783. The van der Waals surface area contributed by atoms with E-state index >= 15 is 0 Å². The van der Waals surface area contributed by atoms with Crippen LogP contribution in [0, 0.1) is 13.8 Å². The van der Waals surface area contributed by atoms with Gasteiger partial charge < -0.3 is 4.90 Å². The molecule has 146 valence electrons. The van der Waals surface area contributed by atoms with Gasteiger partial charge in [-0.25, -0.2) is 4.98 Å². The van der Waals surface area contributed by atoms with Crippen LogP contribution in [-0.2, 0) is 5.75 Å². The van der Waals surface area contributed by atoms with E-state index in [0.29, 0.717) is 5.69 Å². The molecular weight excluding hydrogens is 352 g/mol. The van der Waals surface area contributed by atoms with Gasteiger partial charge in [0.1, 0.15) is 5.69 Å². The molecule has 3 nitrogen and oxygen atoms in total. The Hall–Kier alpha value is -1.65. The Morgan fingerprint density at radius 3 is 2.67 bits per heavy atom. The zero-order chi connectivity index (χ0) is 19.6. The summed E-state index contributed by atoms with van der Waals surface area (Å²) >= 11 is 1.75. The van der Waals surface area contributed by atoms with Crippen molar-refractivity contribution in [2.45, 2.75) is 63.1 Å². The molecule has 2 heterocycles. The third-order valence-electron chi connectivity index (χ3n) is 5.05. The van der Waals surface area contributed by atoms with E-state index in [1.165, 1.54) is 48.3 Å². The van der Waals surface area contributed by atoms with Crippen molar-refractivity contribution in [1.82, 2.24) is 9.88 Å². The molecule has 1 unspecified atom stereocenters. The van der Waals surface area contributed by atoms with Gasteiger partial charge in [-0.15, -0.1) is 11.8 Å². The van der Waals surface area contributed by atoms with E-state index < -0.39 is 0 Å². The SMILES string of the molecule is CCC1CCCCN1C.Cc1ccc(SCc2cccc(C=O)n2)c(C)c1. The number of benzene rings is 1. The summed E-state index contributed by atoms with van der Waals surface area (Å²) in [6, 6.07) is 12.9. The highest BCUT2D eigenvalue weighted by atomic mass is 32.2. The quantitative estimate of drug-likeness (QED) is 0.490. The monoisotopic (exact) mass is 384 g/mol. The Morgan fingerprint density at radius 1 is 1.22 bits per heavy atom. The first-order chi connectivity index (χ1) is 13.0. The maximum absolute atomic E-state index is 10.7. The smallest absolute Gasteiger partial charge is 0.168 e. The molecule has 0 saturated carbocycles. The third kappa shape index (κ3) is 7.11. The number of rotatable bonds is 5. The first-order valence-electron chi connectivity index (χ1n) is 9.85. The average molecular weight is 385 g/mol. The molecule has 4 heteroatoms. The number of pyridine rings is 1. The molecule has 0 spiro atoms. The highest BCUT2D eigenvalue weighted by molar-refractivity contribution is 7.98. The van der Waals surface area contributed by atoms with Crippen LogP contribution in [-0.4, -0.2) is 35.8 Å². The fourth-order valence-corrected chi connectivity index (χ4v) is 4.33. The number of nitrogens with zero attached hydrogens (tertiary/aromatic N) is 2. The molecule has 2 aromatic rings. The summed E-state index contributed by atoms with van der Waals surface area (Å²) in [4.78, 5) is 18.7. The topological polar surface area (TPSA) is 33.2 Å². The average Bonchev–Trinajstić information content (AvgIpc) is 2.68. The molecule has 1 aromatic carbocycles.